The number of imidazole rings is 1. The molecule has 0 radical (unpaired) electrons. The summed E-state index contributed by atoms with van der Waals surface area (Å²) >= 11 is 0. The van der Waals surface area contributed by atoms with Crippen LogP contribution in [0.4, 0.5) is 15.0 Å². The van der Waals surface area contributed by atoms with Gasteiger partial charge in [0.1, 0.15) is 23.1 Å². The fourth-order valence-corrected chi connectivity index (χ4v) is 3.95. The van der Waals surface area contributed by atoms with Crippen LogP contribution < -0.4 is 5.73 Å². The SMILES string of the molecule is CC(C)(C)OC(=O)n1cc(-c2ccc3nc(N)c(C(=O)[C@@H]4C[C@@H]4F)n3c2)c2ccccc21. The molecule has 5 rings (SSSR count). The summed E-state index contributed by atoms with van der Waals surface area (Å²) < 4.78 is 22.2. The number of ketones is 1. The average molecular weight is 434 g/mol. The second-order valence-corrected chi connectivity index (χ2v) is 9.12. The molecule has 0 aliphatic heterocycles. The summed E-state index contributed by atoms with van der Waals surface area (Å²) in [6.45, 7) is 5.44. The molecule has 0 saturated heterocycles. The van der Waals surface area contributed by atoms with E-state index in [9.17, 15) is 14.0 Å². The number of Topliss-reactive ketones (excluding diaryl/α,β-unsaturated/α-hetero) is 1. The van der Waals surface area contributed by atoms with E-state index in [0.717, 1.165) is 16.5 Å². The van der Waals surface area contributed by atoms with Crippen molar-refractivity contribution in [3.63, 3.8) is 0 Å². The number of hydrogen-bond acceptors (Lipinski definition) is 5. The van der Waals surface area contributed by atoms with Crippen LogP contribution in [0.15, 0.2) is 48.8 Å². The van der Waals surface area contributed by atoms with Gasteiger partial charge in [-0.25, -0.2) is 14.2 Å². The van der Waals surface area contributed by atoms with Gasteiger partial charge in [0.15, 0.2) is 11.6 Å². The standard InChI is InChI=1S/C24H23FN4O3/c1-24(2,3)32-23(31)28-12-16(14-6-4-5-7-18(14)28)13-8-9-19-27-22(26)20(29(19)11-13)21(30)15-10-17(15)25/h4-9,11-12,15,17H,10,26H2,1-3H3/t15-,17+/m1/s1. The molecule has 1 fully saturated rings. The number of para-hydroxylation sites is 1. The van der Waals surface area contributed by atoms with Crippen LogP contribution in [0.2, 0.25) is 0 Å². The van der Waals surface area contributed by atoms with Crippen LogP contribution in [-0.2, 0) is 4.74 Å². The number of nitrogens with two attached hydrogens (primary N) is 1. The number of fused-ring (bicyclic) bond motifs is 2. The van der Waals surface area contributed by atoms with Crippen molar-refractivity contribution in [1.29, 1.82) is 0 Å². The Hall–Kier alpha value is -3.68. The Morgan fingerprint density at radius 2 is 1.88 bits per heavy atom. The molecule has 2 N–H and O–H groups in total. The van der Waals surface area contributed by atoms with E-state index < -0.39 is 23.8 Å². The Kier molecular flexibility index (Phi) is 4.37. The minimum absolute atomic E-state index is 0.0856. The summed E-state index contributed by atoms with van der Waals surface area (Å²) in [4.78, 5) is 29.8. The molecule has 1 aliphatic carbocycles. The minimum Gasteiger partial charge on any atom is -0.443 e. The van der Waals surface area contributed by atoms with Gasteiger partial charge in [-0.15, -0.1) is 0 Å². The number of hydrogen-bond donors (Lipinski definition) is 1. The van der Waals surface area contributed by atoms with Gasteiger partial charge in [0, 0.05) is 28.9 Å². The maximum atomic E-state index is 13.5. The molecule has 0 spiro atoms. The number of pyridine rings is 1. The lowest BCUT2D eigenvalue weighted by molar-refractivity contribution is 0.0544. The third-order valence-corrected chi connectivity index (χ3v) is 5.54. The van der Waals surface area contributed by atoms with Crippen molar-refractivity contribution in [2.75, 3.05) is 5.73 Å². The minimum atomic E-state index is -1.12. The van der Waals surface area contributed by atoms with Crippen molar-refractivity contribution in [3.8, 4) is 11.1 Å². The topological polar surface area (TPSA) is 91.6 Å². The predicted molar refractivity (Wildman–Crippen MR) is 120 cm³/mol. The van der Waals surface area contributed by atoms with E-state index in [2.05, 4.69) is 4.98 Å². The van der Waals surface area contributed by atoms with Gasteiger partial charge < -0.3 is 10.5 Å². The predicted octanol–water partition coefficient (Wildman–Crippen LogP) is 4.86. The van der Waals surface area contributed by atoms with Crippen LogP contribution in [-0.4, -0.2) is 37.6 Å². The third kappa shape index (κ3) is 3.32. The lowest BCUT2D eigenvalue weighted by atomic mass is 10.1. The van der Waals surface area contributed by atoms with Crippen molar-refractivity contribution in [1.82, 2.24) is 14.0 Å². The number of rotatable bonds is 3. The molecule has 1 aliphatic rings. The van der Waals surface area contributed by atoms with Crippen molar-refractivity contribution < 1.29 is 18.7 Å². The molecule has 0 amide bonds. The first-order valence-electron chi connectivity index (χ1n) is 10.4. The zero-order chi connectivity index (χ0) is 22.8. The molecule has 3 heterocycles. The second kappa shape index (κ2) is 6.91. The summed E-state index contributed by atoms with van der Waals surface area (Å²) in [7, 11) is 0. The van der Waals surface area contributed by atoms with E-state index in [-0.39, 0.29) is 23.7 Å². The number of aromatic nitrogens is 3. The van der Waals surface area contributed by atoms with Gasteiger partial charge >= 0.3 is 6.09 Å². The van der Waals surface area contributed by atoms with E-state index in [1.54, 1.807) is 22.9 Å². The molecule has 1 aromatic carbocycles. The highest BCUT2D eigenvalue weighted by molar-refractivity contribution is 6.04. The van der Waals surface area contributed by atoms with Crippen molar-refractivity contribution in [3.05, 3.63) is 54.5 Å². The van der Waals surface area contributed by atoms with Crippen molar-refractivity contribution in [2.45, 2.75) is 39.0 Å². The molecule has 32 heavy (non-hydrogen) atoms. The maximum absolute atomic E-state index is 13.5. The number of ether oxygens (including phenoxy) is 1. The highest BCUT2D eigenvalue weighted by Gasteiger charge is 2.45. The van der Waals surface area contributed by atoms with E-state index in [4.69, 9.17) is 10.5 Å². The van der Waals surface area contributed by atoms with Gasteiger partial charge in [-0.2, -0.15) is 0 Å². The Morgan fingerprint density at radius 3 is 2.56 bits per heavy atom. The van der Waals surface area contributed by atoms with Crippen LogP contribution in [0, 0.1) is 5.92 Å². The summed E-state index contributed by atoms with van der Waals surface area (Å²) in [6, 6.07) is 11.1. The molecule has 2 atom stereocenters. The number of carbonyl (C=O) groups excluding carboxylic acids is 2. The van der Waals surface area contributed by atoms with E-state index in [0.29, 0.717) is 11.2 Å². The highest BCUT2D eigenvalue weighted by Crippen LogP contribution is 2.38. The Labute approximate surface area is 183 Å². The lowest BCUT2D eigenvalue weighted by Crippen LogP contribution is -2.26. The zero-order valence-corrected chi connectivity index (χ0v) is 18.0. The molecule has 7 nitrogen and oxygen atoms in total. The number of nitrogens with zero attached hydrogens (tertiary/aromatic N) is 3. The van der Waals surface area contributed by atoms with E-state index >= 15 is 0 Å². The molecule has 1 saturated carbocycles. The first-order valence-corrected chi connectivity index (χ1v) is 10.4. The largest absolute Gasteiger partial charge is 0.443 e. The average Bonchev–Trinajstić information content (AvgIpc) is 3.18. The number of benzene rings is 1. The maximum Gasteiger partial charge on any atom is 0.419 e. The molecular weight excluding hydrogens is 411 g/mol. The Morgan fingerprint density at radius 1 is 1.16 bits per heavy atom. The van der Waals surface area contributed by atoms with Crippen LogP contribution in [0.5, 0.6) is 0 Å². The summed E-state index contributed by atoms with van der Waals surface area (Å²) in [5.41, 5.74) is 8.32. The first kappa shape index (κ1) is 20.2. The Bertz CT molecular complexity index is 1400. The number of carbonyl (C=O) groups is 2. The molecule has 0 bridgehead atoms. The lowest BCUT2D eigenvalue weighted by Gasteiger charge is -2.19. The highest BCUT2D eigenvalue weighted by atomic mass is 19.1. The van der Waals surface area contributed by atoms with Gasteiger partial charge in [-0.3, -0.25) is 13.8 Å². The number of alkyl halides is 1. The van der Waals surface area contributed by atoms with Gasteiger partial charge in [0.25, 0.3) is 0 Å². The van der Waals surface area contributed by atoms with E-state index in [1.165, 1.54) is 4.57 Å². The summed E-state index contributed by atoms with van der Waals surface area (Å²) in [6.07, 6.45) is 2.09. The van der Waals surface area contributed by atoms with E-state index in [1.807, 2.05) is 51.1 Å². The summed E-state index contributed by atoms with van der Waals surface area (Å²) in [5.74, 6) is -0.909. The number of halogens is 1. The van der Waals surface area contributed by atoms with Gasteiger partial charge in [-0.1, -0.05) is 18.2 Å². The third-order valence-electron chi connectivity index (χ3n) is 5.54. The molecule has 4 aromatic rings. The quantitative estimate of drug-likeness (QED) is 0.465. The van der Waals surface area contributed by atoms with Crippen LogP contribution in [0.25, 0.3) is 27.7 Å². The summed E-state index contributed by atoms with van der Waals surface area (Å²) in [5, 5.41) is 0.852. The van der Waals surface area contributed by atoms with Gasteiger partial charge in [0.05, 0.1) is 11.4 Å². The van der Waals surface area contributed by atoms with Crippen LogP contribution in [0.3, 0.4) is 0 Å². The molecule has 8 heteroatoms. The van der Waals surface area contributed by atoms with Crippen LogP contribution >= 0.6 is 0 Å². The molecule has 164 valence electrons. The van der Waals surface area contributed by atoms with Gasteiger partial charge in [0.2, 0.25) is 0 Å². The Balaban J connectivity index is 1.65. The van der Waals surface area contributed by atoms with Crippen LogP contribution in [0.1, 0.15) is 37.7 Å². The fourth-order valence-electron chi connectivity index (χ4n) is 3.95. The van der Waals surface area contributed by atoms with Crippen molar-refractivity contribution >= 4 is 34.2 Å². The zero-order valence-electron chi connectivity index (χ0n) is 18.0. The molecular formula is C24H23FN4O3. The van der Waals surface area contributed by atoms with Crippen molar-refractivity contribution in [2.24, 2.45) is 5.92 Å². The van der Waals surface area contributed by atoms with Gasteiger partial charge in [-0.05, 0) is 45.4 Å². The normalized spacial score (nSPS) is 18.2. The molecule has 3 aromatic heterocycles. The fraction of sp³-hybridized carbons (Fsp3) is 0.292. The monoisotopic (exact) mass is 434 g/mol. The molecule has 0 unspecified atom stereocenters. The second-order valence-electron chi connectivity index (χ2n) is 9.12. The number of nitrogen functional groups attached to an aromatic ring is 1. The smallest absolute Gasteiger partial charge is 0.419 e. The first-order chi connectivity index (χ1) is 15.1. The number of anilines is 1.